The number of amides is 1. The number of likely N-dealkylation sites (tertiary alicyclic amines) is 1. The van der Waals surface area contributed by atoms with Crippen LogP contribution < -0.4 is 10.1 Å². The molecule has 1 amide bonds. The molecule has 1 saturated carbocycles. The Morgan fingerprint density at radius 3 is 2.56 bits per heavy atom. The van der Waals surface area contributed by atoms with Gasteiger partial charge in [0.25, 0.3) is 5.91 Å². The lowest BCUT2D eigenvalue weighted by molar-refractivity contribution is 0.0600. The third-order valence-corrected chi connectivity index (χ3v) is 8.11. The van der Waals surface area contributed by atoms with Gasteiger partial charge in [-0.05, 0) is 87.0 Å². The van der Waals surface area contributed by atoms with E-state index in [2.05, 4.69) is 16.3 Å². The Bertz CT molecular complexity index is 1150. The summed E-state index contributed by atoms with van der Waals surface area (Å²) in [7, 11) is 1.34. The lowest BCUT2D eigenvalue weighted by atomic mass is 9.84. The topological polar surface area (TPSA) is 91.7 Å². The normalized spacial score (nSPS) is 25.1. The van der Waals surface area contributed by atoms with Crippen molar-refractivity contribution in [2.45, 2.75) is 44.1 Å². The molecular formula is C29H33N3O4. The summed E-state index contributed by atoms with van der Waals surface area (Å²) in [6.07, 6.45) is 5.44. The highest BCUT2D eigenvalue weighted by Gasteiger charge is 2.39. The molecule has 0 spiro atoms. The number of fused-ring (bicyclic) bond motifs is 3. The Morgan fingerprint density at radius 1 is 1.08 bits per heavy atom. The fourth-order valence-electron chi connectivity index (χ4n) is 6.01. The zero-order valence-corrected chi connectivity index (χ0v) is 20.7. The Labute approximate surface area is 212 Å². The van der Waals surface area contributed by atoms with Gasteiger partial charge >= 0.3 is 5.97 Å². The van der Waals surface area contributed by atoms with Gasteiger partial charge < -0.3 is 19.7 Å². The van der Waals surface area contributed by atoms with E-state index < -0.39 is 5.97 Å². The number of hydrogen-bond donors (Lipinski definition) is 1. The van der Waals surface area contributed by atoms with Gasteiger partial charge in [-0.25, -0.2) is 4.79 Å². The number of carbonyl (C=O) groups is 2. The zero-order valence-electron chi connectivity index (χ0n) is 20.7. The van der Waals surface area contributed by atoms with E-state index in [1.165, 1.54) is 19.1 Å². The second kappa shape index (κ2) is 10.7. The maximum atomic E-state index is 12.6. The Balaban J connectivity index is 1.06. The van der Waals surface area contributed by atoms with Gasteiger partial charge in [0.2, 0.25) is 0 Å². The second-order valence-electron chi connectivity index (χ2n) is 10.4. The molecule has 0 aromatic heterocycles. The first kappa shape index (κ1) is 24.3. The van der Waals surface area contributed by atoms with Crippen molar-refractivity contribution < 1.29 is 19.1 Å². The quantitative estimate of drug-likeness (QED) is 0.616. The van der Waals surface area contributed by atoms with Crippen molar-refractivity contribution in [2.75, 3.05) is 33.4 Å². The molecule has 0 unspecified atom stereocenters. The predicted molar refractivity (Wildman–Crippen MR) is 135 cm³/mol. The van der Waals surface area contributed by atoms with E-state index >= 15 is 0 Å². The fraction of sp³-hybridized carbons (Fsp3) is 0.483. The van der Waals surface area contributed by atoms with Crippen LogP contribution in [0.25, 0.3) is 0 Å². The maximum Gasteiger partial charge on any atom is 0.337 e. The van der Waals surface area contributed by atoms with Crippen LogP contribution in [0.5, 0.6) is 5.75 Å². The van der Waals surface area contributed by atoms with E-state index in [4.69, 9.17) is 9.47 Å². The predicted octanol–water partition coefficient (Wildman–Crippen LogP) is 4.13. The minimum Gasteiger partial charge on any atom is -0.493 e. The number of benzene rings is 2. The fourth-order valence-corrected chi connectivity index (χ4v) is 6.01. The number of nitrogens with zero attached hydrogens (tertiary/aromatic N) is 2. The van der Waals surface area contributed by atoms with Crippen LogP contribution in [0.4, 0.5) is 0 Å². The number of esters is 1. The summed E-state index contributed by atoms with van der Waals surface area (Å²) >= 11 is 0. The summed E-state index contributed by atoms with van der Waals surface area (Å²) in [5, 5.41) is 12.4. The molecule has 0 radical (unpaired) electrons. The first-order valence-corrected chi connectivity index (χ1v) is 12.9. The van der Waals surface area contributed by atoms with Gasteiger partial charge in [-0.15, -0.1) is 0 Å². The minimum atomic E-state index is -0.403. The molecular weight excluding hydrogens is 454 g/mol. The number of nitriles is 1. The van der Waals surface area contributed by atoms with Gasteiger partial charge in [0.05, 0.1) is 30.9 Å². The van der Waals surface area contributed by atoms with Crippen LogP contribution in [0, 0.1) is 23.2 Å². The molecule has 1 saturated heterocycles. The number of methoxy groups -OCH3 is 1. The summed E-state index contributed by atoms with van der Waals surface area (Å²) in [6, 6.07) is 14.8. The van der Waals surface area contributed by atoms with Gasteiger partial charge in [-0.1, -0.05) is 0 Å². The SMILES string of the molecule is COC(=O)c1ccc(C(=O)N[C@H]2CC[C@H](CCN3C[C@H]4COc5ccc(C#N)cc5[C@@H]4C3)CC2)cc1. The molecule has 0 bridgehead atoms. The smallest absolute Gasteiger partial charge is 0.337 e. The number of carbonyl (C=O) groups excluding carboxylic acids is 2. The van der Waals surface area contributed by atoms with Crippen molar-refractivity contribution in [3.05, 3.63) is 64.7 Å². The first-order chi connectivity index (χ1) is 17.5. The maximum absolute atomic E-state index is 12.6. The molecule has 188 valence electrons. The van der Waals surface area contributed by atoms with Crippen molar-refractivity contribution in [3.8, 4) is 11.8 Å². The van der Waals surface area contributed by atoms with E-state index in [1.54, 1.807) is 24.3 Å². The number of hydrogen-bond acceptors (Lipinski definition) is 6. The molecule has 1 aliphatic carbocycles. The molecule has 7 heteroatoms. The Morgan fingerprint density at radius 2 is 1.83 bits per heavy atom. The van der Waals surface area contributed by atoms with Gasteiger partial charge in [0.1, 0.15) is 5.75 Å². The second-order valence-corrected chi connectivity index (χ2v) is 10.4. The van der Waals surface area contributed by atoms with Crippen LogP contribution in [0.15, 0.2) is 42.5 Å². The zero-order chi connectivity index (χ0) is 25.1. The number of ether oxygens (including phenoxy) is 2. The average Bonchev–Trinajstić information content (AvgIpc) is 3.35. The van der Waals surface area contributed by atoms with Crippen LogP contribution in [0.3, 0.4) is 0 Å². The number of rotatable bonds is 6. The van der Waals surface area contributed by atoms with Crippen LogP contribution >= 0.6 is 0 Å². The van der Waals surface area contributed by atoms with Crippen molar-refractivity contribution in [1.29, 1.82) is 5.26 Å². The highest BCUT2D eigenvalue weighted by atomic mass is 16.5. The molecule has 2 aromatic rings. The lowest BCUT2D eigenvalue weighted by Crippen LogP contribution is -2.38. The third-order valence-electron chi connectivity index (χ3n) is 8.11. The molecule has 2 aromatic carbocycles. The molecule has 3 aliphatic rings. The molecule has 36 heavy (non-hydrogen) atoms. The Kier molecular flexibility index (Phi) is 7.24. The summed E-state index contributed by atoms with van der Waals surface area (Å²) < 4.78 is 10.7. The Hall–Kier alpha value is -3.37. The average molecular weight is 488 g/mol. The van der Waals surface area contributed by atoms with Crippen LogP contribution in [-0.4, -0.2) is 56.2 Å². The summed E-state index contributed by atoms with van der Waals surface area (Å²) in [6.45, 7) is 3.95. The van der Waals surface area contributed by atoms with Crippen molar-refractivity contribution >= 4 is 11.9 Å². The molecule has 2 heterocycles. The van der Waals surface area contributed by atoms with E-state index in [0.717, 1.165) is 57.7 Å². The standard InChI is InChI=1S/C29H33N3O4/c1-35-29(34)22-7-5-21(6-8-22)28(33)31-24-9-2-19(3-10-24)12-13-32-16-23-18-36-27-11-4-20(15-30)14-25(27)26(23)17-32/h4-8,11,14,19,23-24,26H,2-3,9-10,12-13,16-18H2,1H3,(H,31,33)/t19-,23-,24-,26+/m0/s1. The molecule has 7 nitrogen and oxygen atoms in total. The van der Waals surface area contributed by atoms with Gasteiger partial charge in [0, 0.05) is 42.1 Å². The molecule has 2 aliphatic heterocycles. The van der Waals surface area contributed by atoms with Gasteiger partial charge in [-0.3, -0.25) is 4.79 Å². The lowest BCUT2D eigenvalue weighted by Gasteiger charge is -2.30. The van der Waals surface area contributed by atoms with E-state index in [-0.39, 0.29) is 11.9 Å². The highest BCUT2D eigenvalue weighted by Crippen LogP contribution is 2.42. The third kappa shape index (κ3) is 5.24. The van der Waals surface area contributed by atoms with E-state index in [0.29, 0.717) is 34.4 Å². The van der Waals surface area contributed by atoms with Crippen LogP contribution in [0.2, 0.25) is 0 Å². The minimum absolute atomic E-state index is 0.0865. The largest absolute Gasteiger partial charge is 0.493 e. The van der Waals surface area contributed by atoms with Crippen molar-refractivity contribution in [3.63, 3.8) is 0 Å². The molecule has 2 fully saturated rings. The molecule has 1 N–H and O–H groups in total. The van der Waals surface area contributed by atoms with Crippen molar-refractivity contribution in [2.24, 2.45) is 11.8 Å². The summed E-state index contributed by atoms with van der Waals surface area (Å²) in [5.74, 6) is 2.09. The van der Waals surface area contributed by atoms with Crippen LogP contribution in [-0.2, 0) is 4.74 Å². The monoisotopic (exact) mass is 487 g/mol. The van der Waals surface area contributed by atoms with Crippen LogP contribution in [0.1, 0.15) is 69.9 Å². The summed E-state index contributed by atoms with van der Waals surface area (Å²) in [5.41, 5.74) is 2.91. The first-order valence-electron chi connectivity index (χ1n) is 12.9. The van der Waals surface area contributed by atoms with E-state index in [1.807, 2.05) is 18.2 Å². The molecule has 5 rings (SSSR count). The molecule has 2 atom stereocenters. The highest BCUT2D eigenvalue weighted by molar-refractivity contribution is 5.96. The summed E-state index contributed by atoms with van der Waals surface area (Å²) in [4.78, 5) is 26.8. The van der Waals surface area contributed by atoms with Crippen molar-refractivity contribution in [1.82, 2.24) is 10.2 Å². The van der Waals surface area contributed by atoms with Gasteiger partial charge in [0.15, 0.2) is 0 Å². The number of nitrogens with one attached hydrogen (secondary N) is 1. The van der Waals surface area contributed by atoms with E-state index in [9.17, 15) is 14.9 Å². The van der Waals surface area contributed by atoms with Gasteiger partial charge in [-0.2, -0.15) is 5.26 Å².